The summed E-state index contributed by atoms with van der Waals surface area (Å²) in [4.78, 5) is 17.3. The number of hydrogen-bond acceptors (Lipinski definition) is 3. The molecule has 2 fully saturated rings. The van der Waals surface area contributed by atoms with E-state index in [-0.39, 0.29) is 36.3 Å². The quantitative estimate of drug-likeness (QED) is 0.865. The average molecular weight is 388 g/mol. The van der Waals surface area contributed by atoms with E-state index in [9.17, 15) is 4.79 Å². The molecule has 1 saturated heterocycles. The Labute approximate surface area is 163 Å². The Bertz CT molecular complexity index is 559. The van der Waals surface area contributed by atoms with Crippen LogP contribution in [0, 0.1) is 0 Å². The Hall–Kier alpha value is -0.810. The molecule has 0 unspecified atom stereocenters. The average Bonchev–Trinajstić information content (AvgIpc) is 2.97. The van der Waals surface area contributed by atoms with Crippen molar-refractivity contribution in [2.75, 3.05) is 19.6 Å². The van der Waals surface area contributed by atoms with Crippen LogP contribution in [0.25, 0.3) is 0 Å². The summed E-state index contributed by atoms with van der Waals surface area (Å²) in [5.41, 5.74) is 7.07. The van der Waals surface area contributed by atoms with Gasteiger partial charge in [0.05, 0.1) is 5.54 Å². The van der Waals surface area contributed by atoms with Crippen molar-refractivity contribution in [3.8, 4) is 0 Å². The highest BCUT2D eigenvalue weighted by Gasteiger charge is 2.43. The molecule has 3 rings (SSSR count). The van der Waals surface area contributed by atoms with Crippen LogP contribution in [0.3, 0.4) is 0 Å². The lowest BCUT2D eigenvalue weighted by atomic mass is 9.93. The predicted molar refractivity (Wildman–Crippen MR) is 107 cm³/mol. The Balaban J connectivity index is 0.00000156. The van der Waals surface area contributed by atoms with Gasteiger partial charge in [-0.1, -0.05) is 43.2 Å². The lowest BCUT2D eigenvalue weighted by Crippen LogP contribution is -2.64. The Morgan fingerprint density at radius 1 is 1.08 bits per heavy atom. The van der Waals surface area contributed by atoms with E-state index in [0.29, 0.717) is 0 Å². The molecule has 1 heterocycles. The topological polar surface area (TPSA) is 49.6 Å². The molecule has 0 atom stereocenters. The minimum atomic E-state index is -0.600. The Morgan fingerprint density at radius 3 is 2.24 bits per heavy atom. The number of nitrogens with two attached hydrogens (primary N) is 1. The highest BCUT2D eigenvalue weighted by molar-refractivity contribution is 5.86. The second-order valence-corrected chi connectivity index (χ2v) is 7.81. The van der Waals surface area contributed by atoms with E-state index in [1.165, 1.54) is 5.56 Å². The first-order valence-corrected chi connectivity index (χ1v) is 8.78. The molecule has 6 heteroatoms. The van der Waals surface area contributed by atoms with Crippen molar-refractivity contribution in [2.24, 2.45) is 5.73 Å². The summed E-state index contributed by atoms with van der Waals surface area (Å²) in [6, 6.07) is 10.6. The first-order valence-electron chi connectivity index (χ1n) is 8.78. The first kappa shape index (κ1) is 22.2. The van der Waals surface area contributed by atoms with Crippen LogP contribution in [-0.2, 0) is 11.3 Å². The van der Waals surface area contributed by atoms with Crippen molar-refractivity contribution in [2.45, 2.75) is 57.2 Å². The summed E-state index contributed by atoms with van der Waals surface area (Å²) in [6.07, 6.45) is 3.85. The molecule has 0 aromatic heterocycles. The highest BCUT2D eigenvalue weighted by Crippen LogP contribution is 2.31. The number of benzene rings is 1. The molecule has 0 radical (unpaired) electrons. The largest absolute Gasteiger partial charge is 0.338 e. The molecule has 1 saturated carbocycles. The Kier molecular flexibility index (Phi) is 7.75. The van der Waals surface area contributed by atoms with E-state index in [4.69, 9.17) is 5.73 Å². The van der Waals surface area contributed by atoms with Crippen molar-refractivity contribution < 1.29 is 4.79 Å². The summed E-state index contributed by atoms with van der Waals surface area (Å²) in [5, 5.41) is 0. The molecule has 1 amide bonds. The van der Waals surface area contributed by atoms with Crippen molar-refractivity contribution in [3.63, 3.8) is 0 Å². The van der Waals surface area contributed by atoms with E-state index in [1.807, 2.05) is 11.0 Å². The van der Waals surface area contributed by atoms with E-state index in [1.54, 1.807) is 0 Å². The van der Waals surface area contributed by atoms with Gasteiger partial charge in [-0.2, -0.15) is 0 Å². The molecule has 2 N–H and O–H groups in total. The smallest absolute Gasteiger partial charge is 0.242 e. The van der Waals surface area contributed by atoms with Gasteiger partial charge in [-0.3, -0.25) is 9.69 Å². The van der Waals surface area contributed by atoms with Gasteiger partial charge in [-0.15, -0.1) is 24.8 Å². The minimum Gasteiger partial charge on any atom is -0.338 e. The van der Waals surface area contributed by atoms with Gasteiger partial charge in [0.25, 0.3) is 0 Å². The molecule has 1 aliphatic carbocycles. The van der Waals surface area contributed by atoms with Crippen LogP contribution in [0.4, 0.5) is 0 Å². The van der Waals surface area contributed by atoms with Crippen LogP contribution in [-0.4, -0.2) is 46.4 Å². The second-order valence-electron chi connectivity index (χ2n) is 7.81. The van der Waals surface area contributed by atoms with Crippen molar-refractivity contribution in [1.82, 2.24) is 9.80 Å². The molecular formula is C19H31Cl2N3O. The second kappa shape index (κ2) is 8.72. The fourth-order valence-corrected chi connectivity index (χ4v) is 4.00. The summed E-state index contributed by atoms with van der Waals surface area (Å²) in [6.45, 7) is 7.85. The number of amides is 1. The number of nitrogens with zero attached hydrogens (tertiary/aromatic N) is 2. The monoisotopic (exact) mass is 387 g/mol. The van der Waals surface area contributed by atoms with Gasteiger partial charge in [0.15, 0.2) is 0 Å². The third-order valence-electron chi connectivity index (χ3n) is 5.50. The number of hydrogen-bond donors (Lipinski definition) is 1. The molecular weight excluding hydrogens is 357 g/mol. The third kappa shape index (κ3) is 4.88. The highest BCUT2D eigenvalue weighted by atomic mass is 35.5. The molecule has 2 aliphatic rings. The first-order chi connectivity index (χ1) is 10.9. The lowest BCUT2D eigenvalue weighted by molar-refractivity contribution is -0.142. The molecule has 0 bridgehead atoms. The zero-order chi connectivity index (χ0) is 16.5. The molecule has 25 heavy (non-hydrogen) atoms. The van der Waals surface area contributed by atoms with Gasteiger partial charge in [0, 0.05) is 31.7 Å². The maximum absolute atomic E-state index is 12.9. The van der Waals surface area contributed by atoms with Crippen LogP contribution >= 0.6 is 24.8 Å². The van der Waals surface area contributed by atoms with Gasteiger partial charge >= 0.3 is 0 Å². The van der Waals surface area contributed by atoms with Crippen LogP contribution in [0.2, 0.25) is 0 Å². The molecule has 1 aromatic carbocycles. The molecule has 1 aromatic rings. The number of piperazine rings is 1. The normalized spacial score (nSPS) is 22.0. The van der Waals surface area contributed by atoms with E-state index >= 15 is 0 Å². The van der Waals surface area contributed by atoms with Crippen molar-refractivity contribution in [1.29, 1.82) is 0 Å². The maximum atomic E-state index is 12.9. The fourth-order valence-electron chi connectivity index (χ4n) is 4.00. The van der Waals surface area contributed by atoms with Crippen LogP contribution in [0.15, 0.2) is 30.3 Å². The van der Waals surface area contributed by atoms with E-state index in [0.717, 1.165) is 51.9 Å². The zero-order valence-corrected chi connectivity index (χ0v) is 16.9. The molecule has 0 spiro atoms. The van der Waals surface area contributed by atoms with Gasteiger partial charge < -0.3 is 10.6 Å². The third-order valence-corrected chi connectivity index (χ3v) is 5.50. The summed E-state index contributed by atoms with van der Waals surface area (Å²) in [7, 11) is 0. The van der Waals surface area contributed by atoms with E-state index < -0.39 is 5.54 Å². The van der Waals surface area contributed by atoms with Gasteiger partial charge in [-0.25, -0.2) is 0 Å². The van der Waals surface area contributed by atoms with Gasteiger partial charge in [0.2, 0.25) is 5.91 Å². The summed E-state index contributed by atoms with van der Waals surface area (Å²) in [5.74, 6) is 0.169. The minimum absolute atomic E-state index is 0. The fraction of sp³-hybridized carbons (Fsp3) is 0.632. The molecule has 142 valence electrons. The summed E-state index contributed by atoms with van der Waals surface area (Å²) >= 11 is 0. The number of halogens is 2. The predicted octanol–water partition coefficient (Wildman–Crippen LogP) is 3.22. The zero-order valence-electron chi connectivity index (χ0n) is 15.2. The lowest BCUT2D eigenvalue weighted by Gasteiger charge is -2.48. The van der Waals surface area contributed by atoms with Crippen LogP contribution in [0.5, 0.6) is 0 Å². The SMILES string of the molecule is CC1(C)CN(C(=O)C2(N)CCCC2)CCN1Cc1ccccc1.Cl.Cl. The molecule has 4 nitrogen and oxygen atoms in total. The van der Waals surface area contributed by atoms with Gasteiger partial charge in [-0.05, 0) is 32.3 Å². The number of rotatable bonds is 3. The van der Waals surface area contributed by atoms with Crippen LogP contribution in [0.1, 0.15) is 45.1 Å². The Morgan fingerprint density at radius 2 is 1.68 bits per heavy atom. The van der Waals surface area contributed by atoms with Crippen molar-refractivity contribution >= 4 is 30.7 Å². The number of carbonyl (C=O) groups is 1. The maximum Gasteiger partial charge on any atom is 0.242 e. The van der Waals surface area contributed by atoms with E-state index in [2.05, 4.69) is 43.0 Å². The number of carbonyl (C=O) groups excluding carboxylic acids is 1. The summed E-state index contributed by atoms with van der Waals surface area (Å²) < 4.78 is 0. The van der Waals surface area contributed by atoms with Crippen molar-refractivity contribution in [3.05, 3.63) is 35.9 Å². The van der Waals surface area contributed by atoms with Crippen LogP contribution < -0.4 is 5.73 Å². The molecule has 1 aliphatic heterocycles. The standard InChI is InChI=1S/C19H29N3O.2ClH/c1-18(2)15-21(17(23)19(20)10-6-7-11-19)12-13-22(18)14-16-8-4-3-5-9-16;;/h3-5,8-9H,6-7,10-15,20H2,1-2H3;2*1H. The van der Waals surface area contributed by atoms with Gasteiger partial charge in [0.1, 0.15) is 0 Å².